The molecule has 1 aliphatic heterocycles. The Balaban J connectivity index is 1.65. The van der Waals surface area contributed by atoms with Crippen molar-refractivity contribution in [3.05, 3.63) is 66.5 Å². The number of alkyl halides is 4. The topological polar surface area (TPSA) is 85.9 Å². The molecule has 4 rings (SSSR count). The van der Waals surface area contributed by atoms with Crippen molar-refractivity contribution in [2.75, 3.05) is 32.0 Å². The Labute approximate surface area is 205 Å². The molecule has 1 aromatic carbocycles. The van der Waals surface area contributed by atoms with Gasteiger partial charge in [-0.2, -0.15) is 13.2 Å². The third kappa shape index (κ3) is 5.73. The van der Waals surface area contributed by atoms with Crippen molar-refractivity contribution in [3.63, 3.8) is 0 Å². The maximum atomic E-state index is 14.7. The van der Waals surface area contributed by atoms with Gasteiger partial charge in [-0.1, -0.05) is 24.8 Å². The van der Waals surface area contributed by atoms with Gasteiger partial charge in [0.15, 0.2) is 5.82 Å². The summed E-state index contributed by atoms with van der Waals surface area (Å²) >= 11 is 0. The van der Waals surface area contributed by atoms with Crippen LogP contribution in [0.1, 0.15) is 28.4 Å². The minimum absolute atomic E-state index is 0.105. The summed E-state index contributed by atoms with van der Waals surface area (Å²) in [4.78, 5) is 24.6. The van der Waals surface area contributed by atoms with Gasteiger partial charge in [-0.15, -0.1) is 0 Å². The number of anilines is 1. The molecule has 190 valence electrons. The lowest BCUT2D eigenvalue weighted by atomic mass is 9.99. The lowest BCUT2D eigenvalue weighted by molar-refractivity contribution is -0.0688. The summed E-state index contributed by atoms with van der Waals surface area (Å²) < 4.78 is 55.5. The highest BCUT2D eigenvalue weighted by Gasteiger charge is 2.35. The van der Waals surface area contributed by atoms with Gasteiger partial charge in [0, 0.05) is 48.5 Å². The fourth-order valence-electron chi connectivity index (χ4n) is 4.10. The largest absolute Gasteiger partial charge is 0.417 e. The zero-order chi connectivity index (χ0) is 25.9. The van der Waals surface area contributed by atoms with Gasteiger partial charge in [-0.25, -0.2) is 14.4 Å². The number of aromatic amines is 1. The maximum Gasteiger partial charge on any atom is 0.417 e. The van der Waals surface area contributed by atoms with Crippen LogP contribution in [0.25, 0.3) is 22.4 Å². The van der Waals surface area contributed by atoms with E-state index in [1.54, 1.807) is 30.3 Å². The number of carbonyl (C=O) groups is 1. The standard InChI is InChI=1S/C25H26F4N6O/c1-15(25(27,28)29)22-17-6-3-7-20(34-21-8-12-35(2)14-19(21)26)18(17)13-16(33-22)5-4-9-32-24(36)23-30-10-11-31-23/h3-7,10-11,13,19,21,34H,1,8-9,12,14H2,2H3,(H,30,31)(H,32,36)/b5-4+/t19-,21+/m0/s1. The van der Waals surface area contributed by atoms with Crippen LogP contribution in [0.4, 0.5) is 23.2 Å². The van der Waals surface area contributed by atoms with E-state index in [1.165, 1.54) is 18.5 Å². The van der Waals surface area contributed by atoms with Gasteiger partial charge in [-0.05, 0) is 31.7 Å². The first-order valence-electron chi connectivity index (χ1n) is 11.4. The SMILES string of the molecule is C=C(c1nc(/C=C/CNC(=O)c2ncc[nH]2)cc2c(N[C@@H]3CCN(C)C[C@@H]3F)cccc12)C(F)(F)F. The Hall–Kier alpha value is -3.73. The van der Waals surface area contributed by atoms with Gasteiger partial charge in [0.1, 0.15) is 6.17 Å². The summed E-state index contributed by atoms with van der Waals surface area (Å²) in [6.45, 7) is 4.32. The number of allylic oxidation sites excluding steroid dienone is 1. The third-order valence-corrected chi connectivity index (χ3v) is 5.99. The van der Waals surface area contributed by atoms with E-state index in [1.807, 2.05) is 11.9 Å². The second kappa shape index (κ2) is 10.5. The zero-order valence-electron chi connectivity index (χ0n) is 19.6. The van der Waals surface area contributed by atoms with Gasteiger partial charge in [0.2, 0.25) is 0 Å². The number of pyridine rings is 1. The van der Waals surface area contributed by atoms with Crippen LogP contribution in [-0.2, 0) is 0 Å². The molecule has 36 heavy (non-hydrogen) atoms. The fourth-order valence-corrected chi connectivity index (χ4v) is 4.10. The number of hydrogen-bond donors (Lipinski definition) is 3. The Morgan fingerprint density at radius 2 is 2.14 bits per heavy atom. The number of rotatable bonds is 7. The minimum atomic E-state index is -4.68. The predicted octanol–water partition coefficient (Wildman–Crippen LogP) is 4.43. The van der Waals surface area contributed by atoms with Crippen molar-refractivity contribution < 1.29 is 22.4 Å². The molecular weight excluding hydrogens is 476 g/mol. The summed E-state index contributed by atoms with van der Waals surface area (Å²) in [5.74, 6) is -0.278. The van der Waals surface area contributed by atoms with Gasteiger partial charge >= 0.3 is 6.18 Å². The molecule has 1 saturated heterocycles. The first-order chi connectivity index (χ1) is 17.1. The van der Waals surface area contributed by atoms with Crippen LogP contribution < -0.4 is 10.6 Å². The number of nitrogens with zero attached hydrogens (tertiary/aromatic N) is 3. The van der Waals surface area contributed by atoms with Crippen molar-refractivity contribution in [1.82, 2.24) is 25.2 Å². The number of H-pyrrole nitrogens is 1. The lowest BCUT2D eigenvalue weighted by Gasteiger charge is -2.33. The van der Waals surface area contributed by atoms with Crippen LogP contribution in [0.5, 0.6) is 0 Å². The Kier molecular flexibility index (Phi) is 7.39. The highest BCUT2D eigenvalue weighted by Crippen LogP contribution is 2.37. The number of nitrogens with one attached hydrogen (secondary N) is 3. The smallest absolute Gasteiger partial charge is 0.379 e. The second-order valence-electron chi connectivity index (χ2n) is 8.64. The third-order valence-electron chi connectivity index (χ3n) is 5.99. The van der Waals surface area contributed by atoms with E-state index in [-0.39, 0.29) is 35.7 Å². The monoisotopic (exact) mass is 502 g/mol. The molecule has 3 aromatic rings. The van der Waals surface area contributed by atoms with Gasteiger partial charge in [-0.3, -0.25) is 4.79 Å². The molecule has 7 nitrogen and oxygen atoms in total. The number of piperidine rings is 1. The van der Waals surface area contributed by atoms with Crippen molar-refractivity contribution in [3.8, 4) is 0 Å². The molecule has 3 N–H and O–H groups in total. The van der Waals surface area contributed by atoms with Crippen LogP contribution in [0.2, 0.25) is 0 Å². The van der Waals surface area contributed by atoms with Crippen molar-refractivity contribution in [1.29, 1.82) is 0 Å². The molecule has 11 heteroatoms. The van der Waals surface area contributed by atoms with E-state index in [9.17, 15) is 22.4 Å². The molecule has 2 aromatic heterocycles. The molecule has 0 spiro atoms. The van der Waals surface area contributed by atoms with Crippen LogP contribution in [0.3, 0.4) is 0 Å². The molecule has 0 aliphatic carbocycles. The van der Waals surface area contributed by atoms with Crippen LogP contribution in [0.15, 0.2) is 49.3 Å². The van der Waals surface area contributed by atoms with E-state index in [0.29, 0.717) is 24.0 Å². The number of likely N-dealkylation sites (tertiary alicyclic amines) is 1. The average molecular weight is 503 g/mol. The number of carbonyl (C=O) groups excluding carboxylic acids is 1. The van der Waals surface area contributed by atoms with E-state index in [2.05, 4.69) is 32.2 Å². The number of imidazole rings is 1. The molecule has 2 atom stereocenters. The summed E-state index contributed by atoms with van der Waals surface area (Å²) in [6.07, 6.45) is 0.799. The van der Waals surface area contributed by atoms with E-state index in [4.69, 9.17) is 0 Å². The molecule has 1 fully saturated rings. The molecule has 0 unspecified atom stereocenters. The zero-order valence-corrected chi connectivity index (χ0v) is 19.6. The molecule has 0 radical (unpaired) electrons. The van der Waals surface area contributed by atoms with Crippen LogP contribution in [0, 0.1) is 0 Å². The number of amides is 1. The first kappa shape index (κ1) is 25.4. The van der Waals surface area contributed by atoms with E-state index in [0.717, 1.165) is 0 Å². The first-order valence-corrected chi connectivity index (χ1v) is 11.4. The Bertz CT molecular complexity index is 1270. The van der Waals surface area contributed by atoms with E-state index < -0.39 is 29.9 Å². The van der Waals surface area contributed by atoms with Gasteiger partial charge < -0.3 is 20.5 Å². The number of fused-ring (bicyclic) bond motifs is 1. The predicted molar refractivity (Wildman–Crippen MR) is 131 cm³/mol. The van der Waals surface area contributed by atoms with E-state index >= 15 is 0 Å². The van der Waals surface area contributed by atoms with Crippen molar-refractivity contribution >= 4 is 34.0 Å². The number of halogens is 4. The molecular formula is C25H26F4N6O. The van der Waals surface area contributed by atoms with Gasteiger partial charge in [0.25, 0.3) is 5.91 Å². The summed E-state index contributed by atoms with van der Waals surface area (Å²) in [5, 5.41) is 6.55. The Morgan fingerprint density at radius 3 is 2.83 bits per heavy atom. The van der Waals surface area contributed by atoms with Gasteiger partial charge in [0.05, 0.1) is 23.0 Å². The van der Waals surface area contributed by atoms with Crippen LogP contribution >= 0.6 is 0 Å². The van der Waals surface area contributed by atoms with Crippen molar-refractivity contribution in [2.24, 2.45) is 0 Å². The molecule has 0 saturated carbocycles. The number of aromatic nitrogens is 3. The van der Waals surface area contributed by atoms with Crippen LogP contribution in [-0.4, -0.2) is 70.8 Å². The Morgan fingerprint density at radius 1 is 1.33 bits per heavy atom. The quantitative estimate of drug-likeness (QED) is 0.416. The second-order valence-corrected chi connectivity index (χ2v) is 8.64. The highest BCUT2D eigenvalue weighted by molar-refractivity contribution is 6.01. The number of hydrogen-bond acceptors (Lipinski definition) is 5. The summed E-state index contributed by atoms with van der Waals surface area (Å²) in [5.41, 5.74) is -0.620. The molecule has 1 aliphatic rings. The number of benzene rings is 1. The molecule has 1 amide bonds. The minimum Gasteiger partial charge on any atom is -0.379 e. The normalized spacial score (nSPS) is 19.0. The average Bonchev–Trinajstić information content (AvgIpc) is 3.37. The maximum absolute atomic E-state index is 14.7. The fraction of sp³-hybridized carbons (Fsp3) is 0.320. The lowest BCUT2D eigenvalue weighted by Crippen LogP contribution is -2.46. The summed E-state index contributed by atoms with van der Waals surface area (Å²) in [6, 6.07) is 6.03. The summed E-state index contributed by atoms with van der Waals surface area (Å²) in [7, 11) is 1.84. The molecule has 3 heterocycles. The molecule has 0 bridgehead atoms. The van der Waals surface area contributed by atoms with Crippen molar-refractivity contribution in [2.45, 2.75) is 24.8 Å². The highest BCUT2D eigenvalue weighted by atomic mass is 19.4.